The molecule has 0 spiro atoms. The molecule has 1 aromatic heterocycles. The first-order valence-electron chi connectivity index (χ1n) is 19.1. The highest BCUT2D eigenvalue weighted by atomic mass is 32.1. The van der Waals surface area contributed by atoms with Gasteiger partial charge in [0.05, 0.1) is 51.5 Å². The van der Waals surface area contributed by atoms with Gasteiger partial charge in [0.1, 0.15) is 18.0 Å². The highest BCUT2D eigenvalue weighted by Gasteiger charge is 2.53. The highest BCUT2D eigenvalue weighted by molar-refractivity contribution is 7.18. The summed E-state index contributed by atoms with van der Waals surface area (Å²) >= 11 is 1.58. The smallest absolute Gasteiger partial charge is 0.457 e. The molecule has 0 bridgehead atoms. The molecule has 54 heavy (non-hydrogen) atoms. The fourth-order valence-corrected chi connectivity index (χ4v) is 8.37. The molecule has 0 radical (unpaired) electrons. The number of hydrogen-bond donors (Lipinski definition) is 1. The van der Waals surface area contributed by atoms with Crippen LogP contribution in [-0.4, -0.2) is 81.8 Å². The van der Waals surface area contributed by atoms with Crippen LogP contribution in [0.1, 0.15) is 109 Å². The summed E-state index contributed by atoms with van der Waals surface area (Å²) in [6, 6.07) is 5.83. The van der Waals surface area contributed by atoms with Crippen molar-refractivity contribution in [3.05, 3.63) is 53.6 Å². The van der Waals surface area contributed by atoms with E-state index in [4.69, 9.17) is 18.9 Å². The predicted molar refractivity (Wildman–Crippen MR) is 202 cm³/mol. The van der Waals surface area contributed by atoms with Crippen LogP contribution < -0.4 is 0 Å². The summed E-state index contributed by atoms with van der Waals surface area (Å²) in [5.74, 6) is -2.72. The third-order valence-electron chi connectivity index (χ3n) is 11.1. The van der Waals surface area contributed by atoms with E-state index in [9.17, 15) is 29.1 Å². The molecule has 13 heteroatoms. The number of allylic oxidation sites excluding steroid dienone is 1. The van der Waals surface area contributed by atoms with Crippen molar-refractivity contribution in [1.29, 1.82) is 0 Å². The molecule has 2 saturated heterocycles. The number of amides is 2. The minimum Gasteiger partial charge on any atom is -0.457 e. The standard InChI is InChI=1S/C41H54N2O10S/c1-7-13-28-37(47)25(2)14-12-19-41(6)33(53-41)23-30(27-15-16-31-29(22-27)42-26(3)54-31)51-36(46)24-32(40(4,5)38(28)48)52-39(49)50-21-11-9-8-10-20-43-34(44)17-18-35(43)45/h7,15-18,22,25,28,30,32-33,37,47H,1,8-14,19-21,23-24H2,2-6H3/t25-,28+,30-,32-,33+,37-,41-/m0/s1. The highest BCUT2D eigenvalue weighted by Crippen LogP contribution is 2.47. The average molecular weight is 767 g/mol. The summed E-state index contributed by atoms with van der Waals surface area (Å²) in [5.41, 5.74) is -0.257. The van der Waals surface area contributed by atoms with Crippen LogP contribution in [0.15, 0.2) is 43.0 Å². The summed E-state index contributed by atoms with van der Waals surface area (Å²) in [6.45, 7) is 13.3. The number of epoxide rings is 1. The minimum absolute atomic E-state index is 0.0314. The number of Topliss-reactive ketones (excluding diaryl/α,β-unsaturated/α-hetero) is 1. The number of fused-ring (bicyclic) bond motifs is 2. The number of carbonyl (C=O) groups excluding carboxylic acids is 5. The lowest BCUT2D eigenvalue weighted by Crippen LogP contribution is -2.48. The van der Waals surface area contributed by atoms with Gasteiger partial charge < -0.3 is 24.1 Å². The summed E-state index contributed by atoms with van der Waals surface area (Å²) in [7, 11) is 0. The van der Waals surface area contributed by atoms with Gasteiger partial charge in [-0.2, -0.15) is 0 Å². The molecule has 2 amide bonds. The second-order valence-electron chi connectivity index (χ2n) is 15.7. The molecule has 4 heterocycles. The van der Waals surface area contributed by atoms with Crippen LogP contribution in [0.5, 0.6) is 0 Å². The van der Waals surface area contributed by atoms with Gasteiger partial charge in [0, 0.05) is 31.0 Å². The maximum absolute atomic E-state index is 14.4. The number of thiazole rings is 1. The third-order valence-corrected chi connectivity index (χ3v) is 12.1. The van der Waals surface area contributed by atoms with E-state index in [-0.39, 0.29) is 42.6 Å². The maximum Gasteiger partial charge on any atom is 0.508 e. The number of imide groups is 1. The molecule has 12 nitrogen and oxygen atoms in total. The molecule has 3 aliphatic heterocycles. The van der Waals surface area contributed by atoms with Gasteiger partial charge in [-0.15, -0.1) is 17.9 Å². The fourth-order valence-electron chi connectivity index (χ4n) is 7.56. The number of cyclic esters (lactones) is 1. The number of rotatable bonds is 11. The van der Waals surface area contributed by atoms with E-state index < -0.39 is 53.8 Å². The molecule has 5 rings (SSSR count). The van der Waals surface area contributed by atoms with Crippen LogP contribution in [0.2, 0.25) is 0 Å². The van der Waals surface area contributed by atoms with E-state index in [1.807, 2.05) is 39.0 Å². The number of unbranched alkanes of at least 4 members (excludes halogenated alkanes) is 3. The van der Waals surface area contributed by atoms with E-state index in [2.05, 4.69) is 11.6 Å². The van der Waals surface area contributed by atoms with Crippen molar-refractivity contribution in [1.82, 2.24) is 9.88 Å². The Hall–Kier alpha value is -3.94. The van der Waals surface area contributed by atoms with Gasteiger partial charge in [-0.1, -0.05) is 31.9 Å². The number of hydrogen-bond acceptors (Lipinski definition) is 12. The number of aromatic nitrogens is 1. The molecule has 1 N–H and O–H groups in total. The molecule has 0 saturated carbocycles. The van der Waals surface area contributed by atoms with Crippen molar-refractivity contribution in [3.63, 3.8) is 0 Å². The Morgan fingerprint density at radius 2 is 1.83 bits per heavy atom. The van der Waals surface area contributed by atoms with Crippen molar-refractivity contribution in [2.75, 3.05) is 13.2 Å². The number of aliphatic hydroxyl groups excluding tert-OH is 1. The molecular formula is C41H54N2O10S. The Bertz CT molecular complexity index is 1730. The van der Waals surface area contributed by atoms with Crippen LogP contribution in [0.4, 0.5) is 4.79 Å². The van der Waals surface area contributed by atoms with Crippen LogP contribution in [-0.2, 0) is 38.1 Å². The number of aliphatic hydroxyl groups is 1. The second kappa shape index (κ2) is 17.7. The van der Waals surface area contributed by atoms with Crippen molar-refractivity contribution in [2.24, 2.45) is 17.3 Å². The topological polar surface area (TPSA) is 162 Å². The number of aryl methyl sites for hydroxylation is 1. The number of nitrogens with zero attached hydrogens (tertiary/aromatic N) is 2. The number of esters is 1. The van der Waals surface area contributed by atoms with E-state index >= 15 is 0 Å². The molecule has 1 aromatic carbocycles. The minimum atomic E-state index is -1.42. The average Bonchev–Trinajstić information content (AvgIpc) is 3.40. The number of benzene rings is 1. The van der Waals surface area contributed by atoms with E-state index in [0.29, 0.717) is 45.1 Å². The van der Waals surface area contributed by atoms with Gasteiger partial charge in [-0.25, -0.2) is 9.78 Å². The lowest BCUT2D eigenvalue weighted by molar-refractivity contribution is -0.157. The number of ether oxygens (including phenoxy) is 4. The zero-order valence-corrected chi connectivity index (χ0v) is 32.9. The first-order valence-corrected chi connectivity index (χ1v) is 19.9. The van der Waals surface area contributed by atoms with Gasteiger partial charge in [-0.05, 0) is 89.8 Å². The lowest BCUT2D eigenvalue weighted by atomic mass is 9.71. The van der Waals surface area contributed by atoms with Crippen LogP contribution in [0, 0.1) is 24.2 Å². The number of carbonyl (C=O) groups is 5. The lowest BCUT2D eigenvalue weighted by Gasteiger charge is -2.37. The summed E-state index contributed by atoms with van der Waals surface area (Å²) in [6.07, 6.45) is 4.85. The predicted octanol–water partition coefficient (Wildman–Crippen LogP) is 7.10. The first-order chi connectivity index (χ1) is 25.6. The van der Waals surface area contributed by atoms with Gasteiger partial charge >= 0.3 is 12.1 Å². The zero-order valence-electron chi connectivity index (χ0n) is 32.0. The van der Waals surface area contributed by atoms with Gasteiger partial charge in [-0.3, -0.25) is 24.1 Å². The molecular weight excluding hydrogens is 713 g/mol. The fraction of sp³-hybridized carbons (Fsp3) is 0.610. The Balaban J connectivity index is 1.31. The van der Waals surface area contributed by atoms with Crippen molar-refractivity contribution in [2.45, 2.75) is 129 Å². The monoisotopic (exact) mass is 766 g/mol. The van der Waals surface area contributed by atoms with Crippen molar-refractivity contribution < 1.29 is 48.0 Å². The third kappa shape index (κ3) is 10.0. The number of ketones is 1. The quantitative estimate of drug-likeness (QED) is 0.0816. The van der Waals surface area contributed by atoms with Crippen molar-refractivity contribution >= 4 is 51.3 Å². The molecule has 0 unspecified atom stereocenters. The molecule has 2 aromatic rings. The largest absolute Gasteiger partial charge is 0.508 e. The summed E-state index contributed by atoms with van der Waals surface area (Å²) < 4.78 is 24.6. The Morgan fingerprint density at radius 1 is 1.11 bits per heavy atom. The van der Waals surface area contributed by atoms with Gasteiger partial charge in [0.25, 0.3) is 11.8 Å². The molecule has 294 valence electrons. The summed E-state index contributed by atoms with van der Waals surface area (Å²) in [4.78, 5) is 70.7. The van der Waals surface area contributed by atoms with E-state index in [1.54, 1.807) is 31.3 Å². The van der Waals surface area contributed by atoms with Crippen LogP contribution in [0.25, 0.3) is 10.2 Å². The summed E-state index contributed by atoms with van der Waals surface area (Å²) in [5, 5.41) is 12.4. The molecule has 2 fully saturated rings. The Labute approximate surface area is 321 Å². The first kappa shape index (κ1) is 41.2. The SMILES string of the molecule is C=CC[C@H]1C(=O)C(C)(C)[C@@H](OC(=O)OCCCCCCN2C(=O)C=CC2=O)CC(=O)O[C@H](c2ccc3sc(C)nc3c2)C[C@H]2O[C@@]2(C)CCC[C@H](C)[C@@H]1O. The molecule has 0 aliphatic carbocycles. The van der Waals surface area contributed by atoms with E-state index in [0.717, 1.165) is 33.6 Å². The van der Waals surface area contributed by atoms with Crippen LogP contribution in [0.3, 0.4) is 0 Å². The van der Waals surface area contributed by atoms with Crippen molar-refractivity contribution in [3.8, 4) is 0 Å². The van der Waals surface area contributed by atoms with E-state index in [1.165, 1.54) is 17.1 Å². The molecule has 7 atom stereocenters. The Morgan fingerprint density at radius 3 is 2.56 bits per heavy atom. The van der Waals surface area contributed by atoms with Gasteiger partial charge in [0.2, 0.25) is 0 Å². The second-order valence-corrected chi connectivity index (χ2v) is 16.9. The zero-order chi connectivity index (χ0) is 39.2. The maximum atomic E-state index is 14.4. The molecule has 3 aliphatic rings. The Kier molecular flexibility index (Phi) is 13.5. The van der Waals surface area contributed by atoms with Crippen LogP contribution >= 0.6 is 11.3 Å². The van der Waals surface area contributed by atoms with Gasteiger partial charge in [0.15, 0.2) is 0 Å². The normalized spacial score (nSPS) is 29.2.